The third-order valence-electron chi connectivity index (χ3n) is 5.35. The van der Waals surface area contributed by atoms with Gasteiger partial charge in [0.2, 0.25) is 11.3 Å². The van der Waals surface area contributed by atoms with Gasteiger partial charge in [0, 0.05) is 22.8 Å². The van der Waals surface area contributed by atoms with Crippen molar-refractivity contribution < 1.29 is 22.5 Å². The van der Waals surface area contributed by atoms with Crippen LogP contribution in [-0.4, -0.2) is 44.2 Å². The highest BCUT2D eigenvalue weighted by molar-refractivity contribution is 7.91. The summed E-state index contributed by atoms with van der Waals surface area (Å²) in [5.41, 5.74) is 1.43. The van der Waals surface area contributed by atoms with Crippen molar-refractivity contribution in [1.29, 1.82) is 0 Å². The first-order valence-electron chi connectivity index (χ1n) is 11.0. The molecule has 0 fully saturated rings. The van der Waals surface area contributed by atoms with Crippen LogP contribution in [0.4, 0.5) is 11.5 Å². The van der Waals surface area contributed by atoms with Gasteiger partial charge >= 0.3 is 0 Å². The van der Waals surface area contributed by atoms with Gasteiger partial charge < -0.3 is 19.4 Å². The third kappa shape index (κ3) is 5.38. The number of sulfonamides is 1. The minimum atomic E-state index is -3.84. The molecule has 0 saturated heterocycles. The van der Waals surface area contributed by atoms with Crippen molar-refractivity contribution in [3.05, 3.63) is 34.5 Å². The lowest BCUT2D eigenvalue weighted by Crippen LogP contribution is -2.30. The van der Waals surface area contributed by atoms with E-state index < -0.39 is 26.9 Å². The van der Waals surface area contributed by atoms with Crippen LogP contribution in [0.15, 0.2) is 31.3 Å². The monoisotopic (exact) mass is 529 g/mol. The van der Waals surface area contributed by atoms with Crippen LogP contribution in [0.25, 0.3) is 0 Å². The van der Waals surface area contributed by atoms with Crippen LogP contribution < -0.4 is 10.8 Å². The number of anilines is 2. The van der Waals surface area contributed by atoms with Gasteiger partial charge in [0.1, 0.15) is 11.8 Å². The Bertz CT molecular complexity index is 1280. The van der Waals surface area contributed by atoms with Crippen LogP contribution in [0.3, 0.4) is 0 Å². The van der Waals surface area contributed by atoms with Crippen LogP contribution in [0.1, 0.15) is 64.8 Å². The second-order valence-corrected chi connectivity index (χ2v) is 12.3. The summed E-state index contributed by atoms with van der Waals surface area (Å²) in [5.74, 6) is 0.772. The summed E-state index contributed by atoms with van der Waals surface area (Å²) in [4.78, 5) is 4.71. The molecule has 3 N–H and O–H groups in total. The van der Waals surface area contributed by atoms with Gasteiger partial charge in [0.25, 0.3) is 10.0 Å². The molecule has 3 aromatic heterocycles. The number of aromatic hydroxyl groups is 1. The maximum Gasteiger partial charge on any atom is 0.256 e. The Hall–Kier alpha value is -2.19. The predicted octanol–water partition coefficient (Wildman–Crippen LogP) is 4.69. The van der Waals surface area contributed by atoms with E-state index in [-0.39, 0.29) is 46.3 Å². The molecule has 0 saturated carbocycles. The molecule has 2 atom stereocenters. The lowest BCUT2D eigenvalue weighted by molar-refractivity contribution is 0.398. The summed E-state index contributed by atoms with van der Waals surface area (Å²) in [6, 6.07) is 1.59. The van der Waals surface area contributed by atoms with Crippen LogP contribution in [-0.2, 0) is 10.0 Å². The maximum absolute atomic E-state index is 12.8. The van der Waals surface area contributed by atoms with E-state index in [2.05, 4.69) is 27.9 Å². The fourth-order valence-corrected chi connectivity index (χ4v) is 6.86. The van der Waals surface area contributed by atoms with Crippen molar-refractivity contribution in [2.75, 3.05) is 18.4 Å². The van der Waals surface area contributed by atoms with E-state index in [1.807, 2.05) is 19.9 Å². The van der Waals surface area contributed by atoms with E-state index >= 15 is 0 Å². The summed E-state index contributed by atoms with van der Waals surface area (Å²) < 4.78 is 51.4. The third-order valence-corrected chi connectivity index (χ3v) is 9.60. The second kappa shape index (κ2) is 10.6. The molecule has 0 spiro atoms. The number of nitrogens with zero attached hydrogens (tertiary/aromatic N) is 3. The molecule has 3 aromatic rings. The maximum atomic E-state index is 12.8. The number of nitrogens with one attached hydrogen (secondary N) is 2. The zero-order valence-corrected chi connectivity index (χ0v) is 22.5. The van der Waals surface area contributed by atoms with Crippen molar-refractivity contribution in [2.24, 2.45) is 10.9 Å². The van der Waals surface area contributed by atoms with E-state index in [0.29, 0.717) is 11.7 Å². The molecule has 3 rings (SSSR count). The Labute approximate surface area is 206 Å². The van der Waals surface area contributed by atoms with Crippen LogP contribution in [0.2, 0.25) is 0 Å². The fourth-order valence-electron chi connectivity index (χ4n) is 3.37. The molecule has 0 aromatic carbocycles. The molecule has 34 heavy (non-hydrogen) atoms. The minimum Gasteiger partial charge on any atom is -0.548 e. The Kier molecular flexibility index (Phi) is 8.24. The Balaban J connectivity index is 1.99. The molecule has 10 nitrogen and oxygen atoms in total. The minimum absolute atomic E-state index is 0.0658. The quantitative estimate of drug-likeness (QED) is 0.323. The summed E-state index contributed by atoms with van der Waals surface area (Å²) in [6.45, 7) is 12.2. The number of rotatable bonds is 10. The average Bonchev–Trinajstić information content (AvgIpc) is 3.46. The molecule has 0 amide bonds. The van der Waals surface area contributed by atoms with Crippen LogP contribution in [0.5, 0.6) is 5.75 Å². The number of furan rings is 1. The number of H-pyrrole nitrogens is 1. The van der Waals surface area contributed by atoms with Crippen molar-refractivity contribution >= 4 is 44.0 Å². The zero-order chi connectivity index (χ0) is 25.2. The Morgan fingerprint density at radius 2 is 2.00 bits per heavy atom. The number of hydrogen-bond donors (Lipinski definition) is 3. The molecule has 0 aliphatic carbocycles. The molecular formula is C21H31N5O5S3. The first-order chi connectivity index (χ1) is 16.0. The lowest BCUT2D eigenvalue weighted by atomic mass is 10.0. The molecule has 0 aliphatic heterocycles. The van der Waals surface area contributed by atoms with E-state index in [1.54, 1.807) is 20.1 Å². The molecule has 1 unspecified atom stereocenters. The van der Waals surface area contributed by atoms with Crippen molar-refractivity contribution in [1.82, 2.24) is 13.1 Å². The van der Waals surface area contributed by atoms with E-state index in [0.717, 1.165) is 16.9 Å². The SMILES string of the molecule is CCN(CC)S(=O)(=O)c1scc(Nc2n[s+]([O-])[nH]c2=N[C@@H](c2cc(C(C)C)co2)C(C)C)c1O. The second-order valence-electron chi connectivity index (χ2n) is 8.39. The standard InChI is InChI=1S/C21H31N5O5S3/c1-7-26(8-2)34(29,30)21-18(27)15(11-32-21)22-19-20(25-33(28)24-19)23-17(13(5)6)16-9-14(10-31-16)12(3)4/h9-13,17,27H,7-8H2,1-6H3,(H,22,24)(H,23,25)/t17-,33?/m1/s1. The van der Waals surface area contributed by atoms with E-state index in [9.17, 15) is 18.1 Å². The summed E-state index contributed by atoms with van der Waals surface area (Å²) in [5, 5.41) is 15.0. The average molecular weight is 530 g/mol. The van der Waals surface area contributed by atoms with Gasteiger partial charge in [0.05, 0.1) is 12.0 Å². The molecule has 3 heterocycles. The lowest BCUT2D eigenvalue weighted by Gasteiger charge is -2.17. The van der Waals surface area contributed by atoms with Crippen molar-refractivity contribution in [2.45, 2.75) is 57.7 Å². The van der Waals surface area contributed by atoms with E-state index in [4.69, 9.17) is 9.41 Å². The van der Waals surface area contributed by atoms with Gasteiger partial charge in [-0.3, -0.25) is 0 Å². The predicted molar refractivity (Wildman–Crippen MR) is 133 cm³/mol. The molecular weight excluding hydrogens is 498 g/mol. The highest BCUT2D eigenvalue weighted by atomic mass is 32.2. The number of aromatic amines is 1. The fraction of sp³-hybridized carbons (Fsp3) is 0.524. The summed E-state index contributed by atoms with van der Waals surface area (Å²) in [6.07, 6.45) is 1.71. The summed E-state index contributed by atoms with van der Waals surface area (Å²) in [7, 11) is -3.84. The summed E-state index contributed by atoms with van der Waals surface area (Å²) >= 11 is -0.862. The van der Waals surface area contributed by atoms with E-state index in [1.165, 1.54) is 9.69 Å². The van der Waals surface area contributed by atoms with Crippen LogP contribution >= 0.6 is 22.5 Å². The molecule has 188 valence electrons. The van der Waals surface area contributed by atoms with Gasteiger partial charge in [-0.2, -0.15) is 4.31 Å². The van der Waals surface area contributed by atoms with Gasteiger partial charge in [-0.1, -0.05) is 41.5 Å². The van der Waals surface area contributed by atoms with Gasteiger partial charge in [-0.15, -0.1) is 15.7 Å². The van der Waals surface area contributed by atoms with Gasteiger partial charge in [0.15, 0.2) is 21.1 Å². The van der Waals surface area contributed by atoms with Crippen molar-refractivity contribution in [3.8, 4) is 5.75 Å². The Morgan fingerprint density at radius 1 is 1.32 bits per heavy atom. The normalized spacial score (nSPS) is 14.5. The number of thiophene rings is 1. The molecule has 0 bridgehead atoms. The van der Waals surface area contributed by atoms with Crippen molar-refractivity contribution in [3.63, 3.8) is 0 Å². The number of aromatic nitrogens is 2. The van der Waals surface area contributed by atoms with Gasteiger partial charge in [-0.25, -0.2) is 13.4 Å². The topological polar surface area (TPSA) is 147 Å². The zero-order valence-electron chi connectivity index (χ0n) is 20.0. The highest BCUT2D eigenvalue weighted by Gasteiger charge is 2.29. The highest BCUT2D eigenvalue weighted by Crippen LogP contribution is 2.40. The largest absolute Gasteiger partial charge is 0.548 e. The molecule has 0 radical (unpaired) electrons. The smallest absolute Gasteiger partial charge is 0.256 e. The first-order valence-corrected chi connectivity index (χ1v) is 14.4. The van der Waals surface area contributed by atoms with Crippen LogP contribution in [0, 0.1) is 5.92 Å². The number of hydrogen-bond acceptors (Lipinski definition) is 9. The molecule has 13 heteroatoms. The Morgan fingerprint density at radius 3 is 2.56 bits per heavy atom. The molecule has 0 aliphatic rings. The first kappa shape index (κ1) is 26.4. The van der Waals surface area contributed by atoms with Gasteiger partial charge in [-0.05, 0) is 23.5 Å².